The Kier molecular flexibility index (Phi) is 5.51. The van der Waals surface area contributed by atoms with Gasteiger partial charge in [0.25, 0.3) is 17.7 Å². The van der Waals surface area contributed by atoms with E-state index in [0.717, 1.165) is 17.7 Å². The van der Waals surface area contributed by atoms with Crippen molar-refractivity contribution in [1.82, 2.24) is 9.62 Å². The Labute approximate surface area is 196 Å². The summed E-state index contributed by atoms with van der Waals surface area (Å²) in [6.07, 6.45) is 1.65. The molecule has 0 saturated heterocycles. The second kappa shape index (κ2) is 8.51. The first-order valence-corrected chi connectivity index (χ1v) is 12.3. The molecule has 8 nitrogen and oxygen atoms in total. The van der Waals surface area contributed by atoms with Crippen LogP contribution in [0.4, 0.5) is 5.69 Å². The second-order valence-corrected chi connectivity index (χ2v) is 10.0. The molecule has 0 spiro atoms. The van der Waals surface area contributed by atoms with Gasteiger partial charge < -0.3 is 5.32 Å². The van der Waals surface area contributed by atoms with Crippen LogP contribution in [0.15, 0.2) is 77.7 Å². The molecular formula is C25H21N3O5S. The first-order valence-electron chi connectivity index (χ1n) is 10.8. The lowest BCUT2D eigenvalue weighted by Crippen LogP contribution is -2.29. The van der Waals surface area contributed by atoms with E-state index in [4.69, 9.17) is 0 Å². The highest BCUT2D eigenvalue weighted by molar-refractivity contribution is 7.89. The minimum atomic E-state index is -3.64. The maximum absolute atomic E-state index is 12.8. The summed E-state index contributed by atoms with van der Waals surface area (Å²) in [5, 5.41) is 2.71. The summed E-state index contributed by atoms with van der Waals surface area (Å²) in [4.78, 5) is 39.3. The number of nitrogens with zero attached hydrogens (tertiary/aromatic N) is 1. The van der Waals surface area contributed by atoms with Crippen molar-refractivity contribution in [1.29, 1.82) is 0 Å². The molecule has 1 heterocycles. The molecule has 2 aliphatic rings. The Hall–Kier alpha value is -3.82. The SMILES string of the molecule is O=C(Nc1cccc(S(=O)(=O)NC2CC2)c1)c1cccc(CN2C(=O)c3ccccc3C2=O)c1. The molecule has 0 bridgehead atoms. The van der Waals surface area contributed by atoms with Crippen molar-refractivity contribution in [3.63, 3.8) is 0 Å². The molecule has 9 heteroatoms. The van der Waals surface area contributed by atoms with Crippen molar-refractivity contribution in [2.24, 2.45) is 0 Å². The number of imide groups is 1. The number of fused-ring (bicyclic) bond motifs is 1. The summed E-state index contributed by atoms with van der Waals surface area (Å²) in [6, 6.07) is 19.3. The quantitative estimate of drug-likeness (QED) is 0.510. The lowest BCUT2D eigenvalue weighted by molar-refractivity contribution is 0.0642. The number of hydrogen-bond acceptors (Lipinski definition) is 5. The number of sulfonamides is 1. The summed E-state index contributed by atoms with van der Waals surface area (Å²) < 4.78 is 27.5. The highest BCUT2D eigenvalue weighted by Crippen LogP contribution is 2.25. The van der Waals surface area contributed by atoms with E-state index in [1.54, 1.807) is 60.7 Å². The van der Waals surface area contributed by atoms with E-state index in [1.165, 1.54) is 12.1 Å². The highest BCUT2D eigenvalue weighted by atomic mass is 32.2. The van der Waals surface area contributed by atoms with Gasteiger partial charge in [-0.2, -0.15) is 0 Å². The minimum absolute atomic E-state index is 0.0202. The summed E-state index contributed by atoms with van der Waals surface area (Å²) in [5.41, 5.74) is 2.01. The Balaban J connectivity index is 1.31. The lowest BCUT2D eigenvalue weighted by atomic mass is 10.1. The number of benzene rings is 3. The fourth-order valence-electron chi connectivity index (χ4n) is 3.81. The van der Waals surface area contributed by atoms with Gasteiger partial charge in [0, 0.05) is 17.3 Å². The molecule has 0 radical (unpaired) electrons. The fraction of sp³-hybridized carbons (Fsp3) is 0.160. The highest BCUT2D eigenvalue weighted by Gasteiger charge is 2.35. The lowest BCUT2D eigenvalue weighted by Gasteiger charge is -2.14. The third kappa shape index (κ3) is 4.35. The molecule has 1 aliphatic heterocycles. The smallest absolute Gasteiger partial charge is 0.261 e. The van der Waals surface area contributed by atoms with Gasteiger partial charge in [-0.25, -0.2) is 13.1 Å². The Bertz CT molecular complexity index is 1390. The molecule has 2 N–H and O–H groups in total. The van der Waals surface area contributed by atoms with Crippen LogP contribution in [0.2, 0.25) is 0 Å². The predicted molar refractivity (Wildman–Crippen MR) is 125 cm³/mol. The summed E-state index contributed by atoms with van der Waals surface area (Å²) in [6.45, 7) is 0.0357. The standard InChI is InChI=1S/C25H21N3O5S/c29-23(26-19-7-4-8-20(14-19)34(32,33)27-18-11-12-18)17-6-3-5-16(13-17)15-28-24(30)21-9-1-2-10-22(21)25(28)31/h1-10,13-14,18,27H,11-12,15H2,(H,26,29). The third-order valence-electron chi connectivity index (χ3n) is 5.71. The van der Waals surface area contributed by atoms with E-state index in [2.05, 4.69) is 10.0 Å². The van der Waals surface area contributed by atoms with Gasteiger partial charge in [0.1, 0.15) is 0 Å². The zero-order valence-corrected chi connectivity index (χ0v) is 18.8. The number of anilines is 1. The molecule has 172 valence electrons. The van der Waals surface area contributed by atoms with Gasteiger partial charge >= 0.3 is 0 Å². The van der Waals surface area contributed by atoms with Crippen LogP contribution in [0.3, 0.4) is 0 Å². The number of carbonyl (C=O) groups excluding carboxylic acids is 3. The topological polar surface area (TPSA) is 113 Å². The number of hydrogen-bond donors (Lipinski definition) is 2. The zero-order chi connectivity index (χ0) is 23.9. The Morgan fingerprint density at radius 1 is 0.882 bits per heavy atom. The average molecular weight is 476 g/mol. The van der Waals surface area contributed by atoms with Gasteiger partial charge in [-0.15, -0.1) is 0 Å². The molecule has 0 atom stereocenters. The molecule has 3 aromatic rings. The molecule has 0 aromatic heterocycles. The second-order valence-electron chi connectivity index (χ2n) is 8.32. The van der Waals surface area contributed by atoms with E-state index >= 15 is 0 Å². The Morgan fingerprint density at radius 3 is 2.24 bits per heavy atom. The molecule has 0 unspecified atom stereocenters. The maximum atomic E-state index is 12.8. The van der Waals surface area contributed by atoms with Crippen molar-refractivity contribution in [2.45, 2.75) is 30.3 Å². The number of amides is 3. The van der Waals surface area contributed by atoms with Crippen LogP contribution < -0.4 is 10.0 Å². The zero-order valence-electron chi connectivity index (χ0n) is 18.0. The predicted octanol–water partition coefficient (Wildman–Crippen LogP) is 3.18. The van der Waals surface area contributed by atoms with Gasteiger partial charge in [-0.05, 0) is 60.9 Å². The van der Waals surface area contributed by atoms with Crippen LogP contribution in [-0.2, 0) is 16.6 Å². The monoisotopic (exact) mass is 475 g/mol. The van der Waals surface area contributed by atoms with Gasteiger partial charge in [0.2, 0.25) is 10.0 Å². The molecule has 3 amide bonds. The maximum Gasteiger partial charge on any atom is 0.261 e. The van der Waals surface area contributed by atoms with Crippen molar-refractivity contribution in [2.75, 3.05) is 5.32 Å². The molecular weight excluding hydrogens is 454 g/mol. The van der Waals surface area contributed by atoms with Crippen LogP contribution in [-0.4, -0.2) is 37.1 Å². The summed E-state index contributed by atoms with van der Waals surface area (Å²) in [5.74, 6) is -1.17. The minimum Gasteiger partial charge on any atom is -0.322 e. The van der Waals surface area contributed by atoms with Crippen molar-refractivity contribution in [3.05, 3.63) is 95.1 Å². The summed E-state index contributed by atoms with van der Waals surface area (Å²) >= 11 is 0. The van der Waals surface area contributed by atoms with Crippen LogP contribution in [0.1, 0.15) is 49.5 Å². The normalized spacial score (nSPS) is 15.4. The molecule has 34 heavy (non-hydrogen) atoms. The molecule has 1 aliphatic carbocycles. The van der Waals surface area contributed by atoms with Crippen LogP contribution in [0.25, 0.3) is 0 Å². The van der Waals surface area contributed by atoms with Crippen LogP contribution in [0.5, 0.6) is 0 Å². The van der Waals surface area contributed by atoms with Crippen molar-refractivity contribution in [3.8, 4) is 0 Å². The van der Waals surface area contributed by atoms with E-state index in [1.807, 2.05) is 0 Å². The van der Waals surface area contributed by atoms with Gasteiger partial charge in [0.05, 0.1) is 22.6 Å². The van der Waals surface area contributed by atoms with Gasteiger partial charge in [0.15, 0.2) is 0 Å². The van der Waals surface area contributed by atoms with Crippen LogP contribution >= 0.6 is 0 Å². The number of carbonyl (C=O) groups is 3. The summed E-state index contributed by atoms with van der Waals surface area (Å²) in [7, 11) is -3.64. The average Bonchev–Trinajstić information content (AvgIpc) is 3.61. The molecule has 1 fully saturated rings. The van der Waals surface area contributed by atoms with E-state index in [9.17, 15) is 22.8 Å². The molecule has 1 saturated carbocycles. The fourth-order valence-corrected chi connectivity index (χ4v) is 5.16. The first-order chi connectivity index (χ1) is 16.3. The van der Waals surface area contributed by atoms with E-state index < -0.39 is 15.9 Å². The van der Waals surface area contributed by atoms with Crippen molar-refractivity contribution >= 4 is 33.4 Å². The van der Waals surface area contributed by atoms with Gasteiger partial charge in [-0.3, -0.25) is 19.3 Å². The molecule has 5 rings (SSSR count). The number of nitrogens with one attached hydrogen (secondary N) is 2. The van der Waals surface area contributed by atoms with Crippen molar-refractivity contribution < 1.29 is 22.8 Å². The van der Waals surface area contributed by atoms with Gasteiger partial charge in [-0.1, -0.05) is 30.3 Å². The third-order valence-corrected chi connectivity index (χ3v) is 7.23. The molecule has 3 aromatic carbocycles. The van der Waals surface area contributed by atoms with E-state index in [0.29, 0.717) is 27.9 Å². The van der Waals surface area contributed by atoms with E-state index in [-0.39, 0.29) is 29.3 Å². The largest absolute Gasteiger partial charge is 0.322 e. The van der Waals surface area contributed by atoms with Crippen LogP contribution in [0, 0.1) is 0 Å². The number of rotatable bonds is 7. The first kappa shape index (κ1) is 22.0. The Morgan fingerprint density at radius 2 is 1.56 bits per heavy atom.